The molecule has 1 aliphatic rings. The Morgan fingerprint density at radius 3 is 2.65 bits per heavy atom. The third-order valence-corrected chi connectivity index (χ3v) is 6.26. The van der Waals surface area contributed by atoms with Gasteiger partial charge in [-0.25, -0.2) is 0 Å². The van der Waals surface area contributed by atoms with Crippen LogP contribution in [0.3, 0.4) is 0 Å². The zero-order valence-electron chi connectivity index (χ0n) is 16.5. The second kappa shape index (κ2) is 8.62. The van der Waals surface area contributed by atoms with E-state index in [1.54, 1.807) is 17.5 Å². The molecule has 10 heteroatoms. The van der Waals surface area contributed by atoms with Gasteiger partial charge in [-0.1, -0.05) is 35.0 Å². The van der Waals surface area contributed by atoms with E-state index in [9.17, 15) is 4.79 Å². The fraction of sp³-hybridized carbons (Fsp3) is 0.238. The van der Waals surface area contributed by atoms with E-state index in [0.29, 0.717) is 29.6 Å². The second-order valence-electron chi connectivity index (χ2n) is 7.18. The molecule has 0 radical (unpaired) electrons. The first-order chi connectivity index (χ1) is 15.2. The quantitative estimate of drug-likeness (QED) is 0.457. The minimum Gasteiger partial charge on any atom is -0.366 e. The first-order valence-electron chi connectivity index (χ1n) is 9.85. The van der Waals surface area contributed by atoms with Crippen molar-refractivity contribution in [2.75, 3.05) is 31.1 Å². The van der Waals surface area contributed by atoms with Crippen LogP contribution >= 0.6 is 22.9 Å². The predicted molar refractivity (Wildman–Crippen MR) is 120 cm³/mol. The predicted octanol–water partition coefficient (Wildman–Crippen LogP) is 3.32. The van der Waals surface area contributed by atoms with Gasteiger partial charge in [0.05, 0.1) is 24.1 Å². The van der Waals surface area contributed by atoms with Crippen LogP contribution in [0.2, 0.25) is 5.02 Å². The van der Waals surface area contributed by atoms with E-state index in [1.165, 1.54) is 4.68 Å². The molecule has 0 unspecified atom stereocenters. The van der Waals surface area contributed by atoms with E-state index in [1.807, 2.05) is 47.2 Å². The number of hydrogen-bond donors (Lipinski definition) is 0. The number of aromatic nitrogens is 4. The molecule has 8 nitrogen and oxygen atoms in total. The average molecular weight is 455 g/mol. The van der Waals surface area contributed by atoms with Crippen LogP contribution in [-0.2, 0) is 6.54 Å². The molecule has 1 aliphatic heterocycles. The van der Waals surface area contributed by atoms with Crippen molar-refractivity contribution >= 4 is 28.6 Å². The molecule has 1 fully saturated rings. The summed E-state index contributed by atoms with van der Waals surface area (Å²) in [5.41, 5.74) is 2.00. The molecule has 5 rings (SSSR count). The summed E-state index contributed by atoms with van der Waals surface area (Å²) in [6.45, 7) is 3.61. The third-order valence-electron chi connectivity index (χ3n) is 5.22. The highest BCUT2D eigenvalue weighted by atomic mass is 35.5. The van der Waals surface area contributed by atoms with Crippen molar-refractivity contribution in [3.63, 3.8) is 0 Å². The van der Waals surface area contributed by atoms with Gasteiger partial charge in [-0.05, 0) is 23.6 Å². The lowest BCUT2D eigenvalue weighted by atomic mass is 10.2. The number of nitrogens with zero attached hydrogens (tertiary/aromatic N) is 6. The summed E-state index contributed by atoms with van der Waals surface area (Å²) in [7, 11) is 0. The van der Waals surface area contributed by atoms with E-state index in [4.69, 9.17) is 16.1 Å². The van der Waals surface area contributed by atoms with E-state index in [-0.39, 0.29) is 10.6 Å². The molecule has 4 aromatic rings. The molecule has 0 amide bonds. The summed E-state index contributed by atoms with van der Waals surface area (Å²) in [5.74, 6) is 1.21. The zero-order valence-corrected chi connectivity index (χ0v) is 18.1. The Kier molecular flexibility index (Phi) is 5.54. The number of rotatable bonds is 5. The van der Waals surface area contributed by atoms with Crippen molar-refractivity contribution < 1.29 is 4.52 Å². The van der Waals surface area contributed by atoms with Gasteiger partial charge in [0.25, 0.3) is 5.56 Å². The van der Waals surface area contributed by atoms with Crippen LogP contribution in [0.25, 0.3) is 17.1 Å². The van der Waals surface area contributed by atoms with Crippen molar-refractivity contribution in [3.8, 4) is 17.1 Å². The SMILES string of the molecule is O=c1c(Cl)c(N2CCN(Cc3nc(-c4ccsc4)no3)CC2)cnn1-c1ccccc1. The molecule has 4 heterocycles. The lowest BCUT2D eigenvalue weighted by Gasteiger charge is -2.35. The van der Waals surface area contributed by atoms with Crippen molar-refractivity contribution in [3.05, 3.63) is 74.6 Å². The van der Waals surface area contributed by atoms with Crippen molar-refractivity contribution in [2.45, 2.75) is 6.54 Å². The van der Waals surface area contributed by atoms with E-state index in [0.717, 1.165) is 31.7 Å². The average Bonchev–Trinajstić information content (AvgIpc) is 3.49. The number of hydrogen-bond acceptors (Lipinski definition) is 8. The first kappa shape index (κ1) is 19.9. The maximum atomic E-state index is 12.7. The Balaban J connectivity index is 1.25. The van der Waals surface area contributed by atoms with Gasteiger partial charge < -0.3 is 9.42 Å². The molecule has 0 bridgehead atoms. The number of thiophene rings is 1. The lowest BCUT2D eigenvalue weighted by Crippen LogP contribution is -2.46. The minimum atomic E-state index is -0.320. The summed E-state index contributed by atoms with van der Waals surface area (Å²) < 4.78 is 6.73. The molecule has 1 aromatic carbocycles. The fourth-order valence-corrected chi connectivity index (χ4v) is 4.45. The Hall–Kier alpha value is -3.01. The largest absolute Gasteiger partial charge is 0.366 e. The van der Waals surface area contributed by atoms with Crippen LogP contribution in [0, 0.1) is 0 Å². The van der Waals surface area contributed by atoms with Crippen LogP contribution in [0.5, 0.6) is 0 Å². The summed E-state index contributed by atoms with van der Waals surface area (Å²) >= 11 is 8.04. The van der Waals surface area contributed by atoms with Crippen molar-refractivity contribution in [1.82, 2.24) is 24.8 Å². The molecule has 1 saturated heterocycles. The molecule has 0 saturated carbocycles. The molecule has 0 N–H and O–H groups in total. The molecule has 0 atom stereocenters. The van der Waals surface area contributed by atoms with Crippen LogP contribution < -0.4 is 10.5 Å². The molecule has 31 heavy (non-hydrogen) atoms. The number of benzene rings is 1. The van der Waals surface area contributed by atoms with E-state index >= 15 is 0 Å². The van der Waals surface area contributed by atoms with Crippen LogP contribution in [-0.4, -0.2) is 51.0 Å². The van der Waals surface area contributed by atoms with Gasteiger partial charge in [0, 0.05) is 37.1 Å². The number of para-hydroxylation sites is 1. The van der Waals surface area contributed by atoms with Crippen molar-refractivity contribution in [2.24, 2.45) is 0 Å². The molecule has 0 spiro atoms. The third kappa shape index (κ3) is 4.12. The molecule has 158 valence electrons. The summed E-state index contributed by atoms with van der Waals surface area (Å²) in [5, 5.41) is 12.6. The summed E-state index contributed by atoms with van der Waals surface area (Å²) in [6.07, 6.45) is 1.66. The highest BCUT2D eigenvalue weighted by Gasteiger charge is 2.23. The maximum absolute atomic E-state index is 12.7. The molecule has 3 aromatic heterocycles. The van der Waals surface area contributed by atoms with Crippen LogP contribution in [0.15, 0.2) is 62.7 Å². The maximum Gasteiger partial charge on any atom is 0.292 e. The smallest absolute Gasteiger partial charge is 0.292 e. The Morgan fingerprint density at radius 2 is 1.90 bits per heavy atom. The molecular weight excluding hydrogens is 436 g/mol. The Bertz CT molecular complexity index is 1220. The summed E-state index contributed by atoms with van der Waals surface area (Å²) in [6, 6.07) is 11.2. The first-order valence-corrected chi connectivity index (χ1v) is 11.2. The van der Waals surface area contributed by atoms with Crippen LogP contribution in [0.4, 0.5) is 5.69 Å². The topological polar surface area (TPSA) is 80.3 Å². The highest BCUT2D eigenvalue weighted by Crippen LogP contribution is 2.24. The Labute approximate surface area is 187 Å². The minimum absolute atomic E-state index is 0.185. The van der Waals surface area contributed by atoms with E-state index < -0.39 is 0 Å². The standard InChI is InChI=1S/C21H19ClN6O2S/c22-19-17(12-23-28(21(19)29)16-4-2-1-3-5-16)27-9-7-26(8-10-27)13-18-24-20(25-30-18)15-6-11-31-14-15/h1-6,11-12,14H,7-10,13H2. The van der Waals surface area contributed by atoms with Crippen molar-refractivity contribution in [1.29, 1.82) is 0 Å². The Morgan fingerprint density at radius 1 is 1.10 bits per heavy atom. The van der Waals surface area contributed by atoms with Gasteiger partial charge in [-0.15, -0.1) is 0 Å². The monoisotopic (exact) mass is 454 g/mol. The van der Waals surface area contributed by atoms with Gasteiger partial charge in [0.15, 0.2) is 0 Å². The van der Waals surface area contributed by atoms with Gasteiger partial charge in [0.2, 0.25) is 11.7 Å². The fourth-order valence-electron chi connectivity index (χ4n) is 3.56. The van der Waals surface area contributed by atoms with Gasteiger partial charge in [-0.3, -0.25) is 9.69 Å². The van der Waals surface area contributed by atoms with Gasteiger partial charge in [-0.2, -0.15) is 26.1 Å². The molecular formula is C21H19ClN6O2S. The number of piperazine rings is 1. The highest BCUT2D eigenvalue weighted by molar-refractivity contribution is 7.08. The van der Waals surface area contributed by atoms with Gasteiger partial charge in [0.1, 0.15) is 5.02 Å². The number of anilines is 1. The number of halogens is 1. The second-order valence-corrected chi connectivity index (χ2v) is 8.34. The summed E-state index contributed by atoms with van der Waals surface area (Å²) in [4.78, 5) is 21.6. The zero-order chi connectivity index (χ0) is 21.2. The lowest BCUT2D eigenvalue weighted by molar-refractivity contribution is 0.215. The molecule has 0 aliphatic carbocycles. The van der Waals surface area contributed by atoms with Crippen LogP contribution in [0.1, 0.15) is 5.89 Å². The van der Waals surface area contributed by atoms with E-state index in [2.05, 4.69) is 25.0 Å². The van der Waals surface area contributed by atoms with Gasteiger partial charge >= 0.3 is 0 Å². The normalized spacial score (nSPS) is 14.8.